The molecular formula is C17H31N3O4. The predicted octanol–water partition coefficient (Wildman–Crippen LogP) is 0.243. The minimum Gasteiger partial charge on any atom is -0.379 e. The van der Waals surface area contributed by atoms with E-state index in [1.54, 1.807) is 0 Å². The largest absolute Gasteiger partial charge is 0.379 e. The van der Waals surface area contributed by atoms with Gasteiger partial charge in [0.2, 0.25) is 11.8 Å². The second kappa shape index (κ2) is 10.6. The van der Waals surface area contributed by atoms with Gasteiger partial charge in [0.1, 0.15) is 12.6 Å². The van der Waals surface area contributed by atoms with Crippen molar-refractivity contribution < 1.29 is 19.1 Å². The molecule has 0 radical (unpaired) electrons. The van der Waals surface area contributed by atoms with Crippen molar-refractivity contribution in [2.75, 3.05) is 59.2 Å². The van der Waals surface area contributed by atoms with Crippen molar-refractivity contribution in [3.05, 3.63) is 0 Å². The van der Waals surface area contributed by atoms with Gasteiger partial charge >= 0.3 is 0 Å². The topological polar surface area (TPSA) is 71.1 Å². The Balaban J connectivity index is 1.69. The van der Waals surface area contributed by atoms with E-state index in [0.29, 0.717) is 13.0 Å². The molecule has 7 nitrogen and oxygen atoms in total. The van der Waals surface area contributed by atoms with Crippen LogP contribution in [-0.4, -0.2) is 86.8 Å². The molecule has 1 unspecified atom stereocenters. The van der Waals surface area contributed by atoms with Crippen molar-refractivity contribution >= 4 is 11.8 Å². The lowest BCUT2D eigenvalue weighted by molar-refractivity contribution is -0.140. The van der Waals surface area contributed by atoms with Gasteiger partial charge in [0.15, 0.2) is 0 Å². The summed E-state index contributed by atoms with van der Waals surface area (Å²) in [6.07, 6.45) is 3.63. The first-order valence-corrected chi connectivity index (χ1v) is 9.16. The van der Waals surface area contributed by atoms with Crippen LogP contribution in [0, 0.1) is 0 Å². The number of carbonyl (C=O) groups is 2. The maximum absolute atomic E-state index is 12.5. The monoisotopic (exact) mass is 341 g/mol. The highest BCUT2D eigenvalue weighted by molar-refractivity contribution is 5.88. The molecule has 0 bridgehead atoms. The van der Waals surface area contributed by atoms with Crippen LogP contribution in [0.4, 0.5) is 0 Å². The molecule has 0 aliphatic carbocycles. The summed E-state index contributed by atoms with van der Waals surface area (Å²) in [4.78, 5) is 28.6. The Morgan fingerprint density at radius 3 is 2.83 bits per heavy atom. The summed E-state index contributed by atoms with van der Waals surface area (Å²) in [5.74, 6) is -0.157. The van der Waals surface area contributed by atoms with Crippen LogP contribution >= 0.6 is 0 Å². The summed E-state index contributed by atoms with van der Waals surface area (Å²) in [5.41, 5.74) is 0. The standard InChI is InChI=1S/C17H31N3O4/c1-2-3-11-24-14-16(21)18-15-5-4-6-20(17(15)22)8-7-19-9-12-23-13-10-19/h15H,2-14H2,1H3,(H,18,21). The van der Waals surface area contributed by atoms with Crippen LogP contribution in [-0.2, 0) is 19.1 Å². The van der Waals surface area contributed by atoms with E-state index in [4.69, 9.17) is 9.47 Å². The van der Waals surface area contributed by atoms with Gasteiger partial charge in [0.05, 0.1) is 13.2 Å². The van der Waals surface area contributed by atoms with Crippen LogP contribution in [0.3, 0.4) is 0 Å². The molecule has 0 spiro atoms. The lowest BCUT2D eigenvalue weighted by Crippen LogP contribution is -2.54. The molecule has 2 saturated heterocycles. The Labute approximate surface area is 144 Å². The minimum absolute atomic E-state index is 0.0383. The van der Waals surface area contributed by atoms with Crippen molar-refractivity contribution in [3.63, 3.8) is 0 Å². The highest BCUT2D eigenvalue weighted by Gasteiger charge is 2.29. The van der Waals surface area contributed by atoms with Crippen molar-refractivity contribution in [1.82, 2.24) is 15.1 Å². The third-order valence-electron chi connectivity index (χ3n) is 4.53. The van der Waals surface area contributed by atoms with E-state index in [1.807, 2.05) is 4.90 Å². The number of unbranched alkanes of at least 4 members (excludes halogenated alkanes) is 1. The molecule has 7 heteroatoms. The molecule has 2 amide bonds. The van der Waals surface area contributed by atoms with E-state index < -0.39 is 6.04 Å². The van der Waals surface area contributed by atoms with Crippen molar-refractivity contribution in [2.45, 2.75) is 38.6 Å². The zero-order valence-corrected chi connectivity index (χ0v) is 14.8. The molecule has 1 atom stereocenters. The zero-order valence-electron chi connectivity index (χ0n) is 14.8. The highest BCUT2D eigenvalue weighted by Crippen LogP contribution is 2.12. The Morgan fingerprint density at radius 2 is 2.08 bits per heavy atom. The third kappa shape index (κ3) is 6.37. The molecule has 0 aromatic carbocycles. The zero-order chi connectivity index (χ0) is 17.2. The molecule has 2 rings (SSSR count). The van der Waals surface area contributed by atoms with E-state index in [-0.39, 0.29) is 18.4 Å². The normalized spacial score (nSPS) is 22.6. The second-order valence-electron chi connectivity index (χ2n) is 6.45. The maximum Gasteiger partial charge on any atom is 0.246 e. The van der Waals surface area contributed by atoms with E-state index in [0.717, 1.165) is 65.2 Å². The van der Waals surface area contributed by atoms with E-state index in [9.17, 15) is 9.59 Å². The number of nitrogens with one attached hydrogen (secondary N) is 1. The first kappa shape index (κ1) is 19.1. The minimum atomic E-state index is -0.397. The predicted molar refractivity (Wildman–Crippen MR) is 90.7 cm³/mol. The molecule has 0 saturated carbocycles. The Kier molecular flexibility index (Phi) is 8.49. The van der Waals surface area contributed by atoms with Gasteiger partial charge in [-0.05, 0) is 19.3 Å². The van der Waals surface area contributed by atoms with Crippen LogP contribution in [0.15, 0.2) is 0 Å². The Morgan fingerprint density at radius 1 is 1.29 bits per heavy atom. The van der Waals surface area contributed by atoms with Crippen LogP contribution in [0.2, 0.25) is 0 Å². The van der Waals surface area contributed by atoms with Crippen LogP contribution < -0.4 is 5.32 Å². The molecule has 1 N–H and O–H groups in total. The van der Waals surface area contributed by atoms with E-state index in [1.165, 1.54) is 0 Å². The van der Waals surface area contributed by atoms with Crippen LogP contribution in [0.5, 0.6) is 0 Å². The number of morpholine rings is 1. The highest BCUT2D eigenvalue weighted by atomic mass is 16.5. The van der Waals surface area contributed by atoms with Gasteiger partial charge in [-0.1, -0.05) is 13.3 Å². The molecule has 0 aromatic heterocycles. The summed E-state index contributed by atoms with van der Waals surface area (Å²) >= 11 is 0. The lowest BCUT2D eigenvalue weighted by Gasteiger charge is -2.35. The van der Waals surface area contributed by atoms with Gasteiger partial charge in [-0.3, -0.25) is 14.5 Å². The second-order valence-corrected chi connectivity index (χ2v) is 6.45. The molecule has 2 fully saturated rings. The molecule has 2 aliphatic rings. The molecule has 2 aliphatic heterocycles. The van der Waals surface area contributed by atoms with Gasteiger partial charge in [-0.15, -0.1) is 0 Å². The Hall–Kier alpha value is -1.18. The summed E-state index contributed by atoms with van der Waals surface area (Å²) in [6.45, 7) is 8.47. The third-order valence-corrected chi connectivity index (χ3v) is 4.53. The quantitative estimate of drug-likeness (QED) is 0.609. The number of rotatable bonds is 9. The van der Waals surface area contributed by atoms with Crippen LogP contribution in [0.1, 0.15) is 32.6 Å². The van der Waals surface area contributed by atoms with Gasteiger partial charge in [0, 0.05) is 39.3 Å². The number of hydrogen-bond donors (Lipinski definition) is 1. The van der Waals surface area contributed by atoms with E-state index in [2.05, 4.69) is 17.1 Å². The molecule has 24 heavy (non-hydrogen) atoms. The first-order valence-electron chi connectivity index (χ1n) is 9.16. The maximum atomic E-state index is 12.5. The fraction of sp³-hybridized carbons (Fsp3) is 0.882. The Bertz CT molecular complexity index is 399. The van der Waals surface area contributed by atoms with Crippen LogP contribution in [0.25, 0.3) is 0 Å². The summed E-state index contributed by atoms with van der Waals surface area (Å²) in [5, 5.41) is 2.82. The van der Waals surface area contributed by atoms with Gasteiger partial charge in [-0.2, -0.15) is 0 Å². The first-order chi connectivity index (χ1) is 11.7. The van der Waals surface area contributed by atoms with Crippen molar-refractivity contribution in [1.29, 1.82) is 0 Å². The number of amides is 2. The van der Waals surface area contributed by atoms with Gasteiger partial charge < -0.3 is 19.7 Å². The number of likely N-dealkylation sites (tertiary alicyclic amines) is 1. The summed E-state index contributed by atoms with van der Waals surface area (Å²) in [6, 6.07) is -0.397. The smallest absolute Gasteiger partial charge is 0.246 e. The van der Waals surface area contributed by atoms with Crippen molar-refractivity contribution in [3.8, 4) is 0 Å². The average molecular weight is 341 g/mol. The summed E-state index contributed by atoms with van der Waals surface area (Å²) < 4.78 is 10.7. The average Bonchev–Trinajstić information content (AvgIpc) is 2.60. The molecule has 138 valence electrons. The fourth-order valence-electron chi connectivity index (χ4n) is 3.03. The number of carbonyl (C=O) groups excluding carboxylic acids is 2. The molecular weight excluding hydrogens is 310 g/mol. The number of piperidine rings is 1. The number of nitrogens with zero attached hydrogens (tertiary/aromatic N) is 2. The lowest BCUT2D eigenvalue weighted by atomic mass is 10.0. The van der Waals surface area contributed by atoms with Crippen molar-refractivity contribution in [2.24, 2.45) is 0 Å². The number of hydrogen-bond acceptors (Lipinski definition) is 5. The SMILES string of the molecule is CCCCOCC(=O)NC1CCCN(CCN2CCOCC2)C1=O. The van der Waals surface area contributed by atoms with Gasteiger partial charge in [0.25, 0.3) is 0 Å². The summed E-state index contributed by atoms with van der Waals surface area (Å²) in [7, 11) is 0. The van der Waals surface area contributed by atoms with E-state index >= 15 is 0 Å². The van der Waals surface area contributed by atoms with Gasteiger partial charge in [-0.25, -0.2) is 0 Å². The molecule has 0 aromatic rings. The molecule has 2 heterocycles. The number of ether oxygens (including phenoxy) is 2. The fourth-order valence-corrected chi connectivity index (χ4v) is 3.03.